The quantitative estimate of drug-likeness (QED) is 0.766. The molecule has 0 spiro atoms. The molecule has 2 N–H and O–H groups in total. The minimum atomic E-state index is -0.462. The molecule has 0 saturated carbocycles. The van der Waals surface area contributed by atoms with Gasteiger partial charge in [-0.1, -0.05) is 44.2 Å². The first-order chi connectivity index (χ1) is 13.0. The Bertz CT molecular complexity index is 771. The third-order valence-electron chi connectivity index (χ3n) is 4.69. The van der Waals surface area contributed by atoms with E-state index in [2.05, 4.69) is 54.8 Å². The highest BCUT2D eigenvalue weighted by Crippen LogP contribution is 2.27. The molecule has 3 rings (SSSR count). The van der Waals surface area contributed by atoms with Gasteiger partial charge in [0.2, 0.25) is 5.91 Å². The summed E-state index contributed by atoms with van der Waals surface area (Å²) in [4.78, 5) is 26.9. The predicted octanol–water partition coefficient (Wildman–Crippen LogP) is 3.57. The van der Waals surface area contributed by atoms with Crippen molar-refractivity contribution in [1.29, 1.82) is 0 Å². The van der Waals surface area contributed by atoms with Crippen LogP contribution in [0.1, 0.15) is 42.8 Å². The van der Waals surface area contributed by atoms with Crippen molar-refractivity contribution in [2.24, 2.45) is 5.92 Å². The van der Waals surface area contributed by atoms with Crippen LogP contribution in [0.5, 0.6) is 0 Å². The molecule has 1 aromatic heterocycles. The molecule has 1 fully saturated rings. The van der Waals surface area contributed by atoms with E-state index < -0.39 is 6.04 Å². The molecule has 6 heteroatoms. The van der Waals surface area contributed by atoms with Crippen molar-refractivity contribution in [3.63, 3.8) is 0 Å². The van der Waals surface area contributed by atoms with Gasteiger partial charge in [-0.2, -0.15) is 0 Å². The lowest BCUT2D eigenvalue weighted by Crippen LogP contribution is -2.47. The zero-order chi connectivity index (χ0) is 19.4. The second-order valence-electron chi connectivity index (χ2n) is 7.40. The fourth-order valence-electron chi connectivity index (χ4n) is 3.35. The first-order valence-corrected chi connectivity index (χ1v) is 10.3. The molecular formula is C21H27N3O2S. The summed E-state index contributed by atoms with van der Waals surface area (Å²) >= 11 is 1.66. The number of urea groups is 1. The maximum atomic E-state index is 12.7. The number of benzene rings is 1. The van der Waals surface area contributed by atoms with Crippen LogP contribution in [0.4, 0.5) is 4.79 Å². The lowest BCUT2D eigenvalue weighted by Gasteiger charge is -2.25. The van der Waals surface area contributed by atoms with Crippen molar-refractivity contribution in [3.8, 4) is 0 Å². The fraction of sp³-hybridized carbons (Fsp3) is 0.429. The minimum Gasteiger partial charge on any atom is -0.336 e. The van der Waals surface area contributed by atoms with E-state index in [4.69, 9.17) is 0 Å². The van der Waals surface area contributed by atoms with Gasteiger partial charge in [0.05, 0.1) is 12.1 Å². The molecule has 2 aromatic rings. The molecule has 3 amide bonds. The maximum absolute atomic E-state index is 12.7. The Morgan fingerprint density at radius 1 is 1.22 bits per heavy atom. The molecule has 0 unspecified atom stereocenters. The zero-order valence-corrected chi connectivity index (χ0v) is 16.9. The second-order valence-corrected chi connectivity index (χ2v) is 8.38. The Morgan fingerprint density at radius 2 is 1.96 bits per heavy atom. The lowest BCUT2D eigenvalue weighted by atomic mass is 9.98. The van der Waals surface area contributed by atoms with Crippen LogP contribution in [0.15, 0.2) is 41.8 Å². The predicted molar refractivity (Wildman–Crippen MR) is 109 cm³/mol. The van der Waals surface area contributed by atoms with Gasteiger partial charge in [0, 0.05) is 18.0 Å². The molecule has 1 aliphatic rings. The first-order valence-electron chi connectivity index (χ1n) is 9.43. The van der Waals surface area contributed by atoms with Crippen LogP contribution in [-0.2, 0) is 11.2 Å². The summed E-state index contributed by atoms with van der Waals surface area (Å²) in [7, 11) is 0. The molecule has 0 bridgehead atoms. The number of carbonyl (C=O) groups is 2. The van der Waals surface area contributed by atoms with Gasteiger partial charge in [-0.3, -0.25) is 15.0 Å². The number of carbonyl (C=O) groups excluding carboxylic acids is 2. The van der Waals surface area contributed by atoms with Gasteiger partial charge in [-0.15, -0.1) is 11.3 Å². The van der Waals surface area contributed by atoms with E-state index in [1.54, 1.807) is 11.3 Å². The van der Waals surface area contributed by atoms with Crippen molar-refractivity contribution >= 4 is 23.3 Å². The van der Waals surface area contributed by atoms with Crippen molar-refractivity contribution < 1.29 is 9.59 Å². The van der Waals surface area contributed by atoms with E-state index in [9.17, 15) is 9.59 Å². The van der Waals surface area contributed by atoms with Gasteiger partial charge in [0.1, 0.15) is 0 Å². The number of rotatable bonds is 7. The molecule has 5 nitrogen and oxygen atoms in total. The average Bonchev–Trinajstić information content (AvgIpc) is 3.31. The highest BCUT2D eigenvalue weighted by molar-refractivity contribution is 7.10. The molecule has 2 atom stereocenters. The van der Waals surface area contributed by atoms with Crippen LogP contribution >= 0.6 is 11.3 Å². The Morgan fingerprint density at radius 3 is 2.52 bits per heavy atom. The van der Waals surface area contributed by atoms with Crippen molar-refractivity contribution in [1.82, 2.24) is 15.5 Å². The number of nitrogens with zero attached hydrogens (tertiary/aromatic N) is 1. The number of nitrogens with one attached hydrogen (secondary N) is 2. The summed E-state index contributed by atoms with van der Waals surface area (Å²) in [5.41, 5.74) is 2.44. The topological polar surface area (TPSA) is 61.4 Å². The molecule has 2 heterocycles. The van der Waals surface area contributed by atoms with E-state index >= 15 is 0 Å². The summed E-state index contributed by atoms with van der Waals surface area (Å²) in [6.45, 7) is 7.19. The van der Waals surface area contributed by atoms with Crippen LogP contribution in [0.2, 0.25) is 0 Å². The normalized spacial score (nSPS) is 16.4. The second kappa shape index (κ2) is 8.67. The average molecular weight is 386 g/mol. The van der Waals surface area contributed by atoms with Crippen LogP contribution in [0.3, 0.4) is 0 Å². The minimum absolute atomic E-state index is 0.0808. The highest BCUT2D eigenvalue weighted by Gasteiger charge is 2.31. The standard InChI is InChI=1S/C21H27N3O2S/c1-14(2)13-16-6-8-17(9-7-16)19(18-5-4-12-27-18)23-15(3)20(25)24-11-10-22-21(24)26/h4-9,12,14-15,19,23H,10-11,13H2,1-3H3,(H,22,26)/t15-,19+/m0/s1. The summed E-state index contributed by atoms with van der Waals surface area (Å²) in [5.74, 6) is 0.425. The summed E-state index contributed by atoms with van der Waals surface area (Å²) in [5, 5.41) is 8.15. The number of thiophene rings is 1. The van der Waals surface area contributed by atoms with E-state index in [1.807, 2.05) is 18.4 Å². The third kappa shape index (κ3) is 4.76. The van der Waals surface area contributed by atoms with Gasteiger partial charge in [0.15, 0.2) is 0 Å². The van der Waals surface area contributed by atoms with Gasteiger partial charge < -0.3 is 5.32 Å². The fourth-order valence-corrected chi connectivity index (χ4v) is 4.16. The summed E-state index contributed by atoms with van der Waals surface area (Å²) in [6, 6.07) is 11.8. The van der Waals surface area contributed by atoms with E-state index in [1.165, 1.54) is 10.5 Å². The van der Waals surface area contributed by atoms with Gasteiger partial charge in [0.25, 0.3) is 0 Å². The van der Waals surface area contributed by atoms with E-state index in [-0.39, 0.29) is 18.0 Å². The SMILES string of the molecule is CC(C)Cc1ccc([C@@H](N[C@@H](C)C(=O)N2CCNC2=O)c2cccs2)cc1. The molecule has 0 radical (unpaired) electrons. The van der Waals surface area contributed by atoms with Gasteiger partial charge in [-0.25, -0.2) is 4.79 Å². The third-order valence-corrected chi connectivity index (χ3v) is 5.63. The summed E-state index contributed by atoms with van der Waals surface area (Å²) < 4.78 is 0. The molecule has 144 valence electrons. The van der Waals surface area contributed by atoms with Crippen molar-refractivity contribution in [3.05, 3.63) is 57.8 Å². The molecule has 1 aromatic carbocycles. The van der Waals surface area contributed by atoms with Crippen LogP contribution < -0.4 is 10.6 Å². The molecule has 1 aliphatic heterocycles. The Kier molecular flexibility index (Phi) is 6.29. The van der Waals surface area contributed by atoms with E-state index in [0.29, 0.717) is 19.0 Å². The van der Waals surface area contributed by atoms with Crippen LogP contribution in [-0.4, -0.2) is 36.0 Å². The highest BCUT2D eigenvalue weighted by atomic mass is 32.1. The Labute approximate surface area is 164 Å². The number of hydrogen-bond donors (Lipinski definition) is 2. The zero-order valence-electron chi connectivity index (χ0n) is 16.1. The maximum Gasteiger partial charge on any atom is 0.324 e. The monoisotopic (exact) mass is 385 g/mol. The van der Waals surface area contributed by atoms with Gasteiger partial charge in [-0.05, 0) is 41.8 Å². The molecule has 0 aliphatic carbocycles. The van der Waals surface area contributed by atoms with Crippen LogP contribution in [0.25, 0.3) is 0 Å². The van der Waals surface area contributed by atoms with Crippen molar-refractivity contribution in [2.75, 3.05) is 13.1 Å². The first kappa shape index (κ1) is 19.6. The Hall–Kier alpha value is -2.18. The smallest absolute Gasteiger partial charge is 0.324 e. The Balaban J connectivity index is 1.78. The summed E-state index contributed by atoms with van der Waals surface area (Å²) in [6.07, 6.45) is 1.05. The molecule has 27 heavy (non-hydrogen) atoms. The molecule has 1 saturated heterocycles. The van der Waals surface area contributed by atoms with Crippen LogP contribution in [0, 0.1) is 5.92 Å². The van der Waals surface area contributed by atoms with Gasteiger partial charge >= 0.3 is 6.03 Å². The van der Waals surface area contributed by atoms with E-state index in [0.717, 1.165) is 16.9 Å². The largest absolute Gasteiger partial charge is 0.336 e. The molecular weight excluding hydrogens is 358 g/mol. The lowest BCUT2D eigenvalue weighted by molar-refractivity contribution is -0.129. The number of imide groups is 1. The number of amides is 3. The van der Waals surface area contributed by atoms with Crippen molar-refractivity contribution in [2.45, 2.75) is 39.3 Å². The number of hydrogen-bond acceptors (Lipinski definition) is 4.